The monoisotopic (exact) mass is 527 g/mol. The third kappa shape index (κ3) is 5.42. The van der Waals surface area contributed by atoms with E-state index in [0.29, 0.717) is 39.0 Å². The van der Waals surface area contributed by atoms with Crippen LogP contribution in [0.1, 0.15) is 27.2 Å². The quantitative estimate of drug-likeness (QED) is 0.209. The van der Waals surface area contributed by atoms with Gasteiger partial charge in [-0.3, -0.25) is 9.59 Å². The Morgan fingerprint density at radius 3 is 2.47 bits per heavy atom. The van der Waals surface area contributed by atoms with Crippen molar-refractivity contribution in [2.75, 3.05) is 6.79 Å². The molecule has 0 saturated heterocycles. The van der Waals surface area contributed by atoms with E-state index in [1.165, 1.54) is 12.3 Å². The summed E-state index contributed by atoms with van der Waals surface area (Å²) in [5.74, 6) is 0.0769. The molecule has 9 nitrogen and oxygen atoms in total. The molecule has 5 rings (SSSR count). The van der Waals surface area contributed by atoms with Crippen molar-refractivity contribution in [2.24, 2.45) is 5.10 Å². The Labute approximate surface area is 223 Å². The third-order valence-corrected chi connectivity index (χ3v) is 6.01. The smallest absolute Gasteiger partial charge is 0.287 e. The van der Waals surface area contributed by atoms with Crippen molar-refractivity contribution >= 4 is 35.7 Å². The number of para-hydroxylation sites is 1. The number of nitrogens with one attached hydrogen (secondary N) is 2. The highest BCUT2D eigenvalue weighted by Crippen LogP contribution is 2.33. The van der Waals surface area contributed by atoms with Crippen molar-refractivity contribution in [3.63, 3.8) is 0 Å². The molecule has 0 radical (unpaired) electrons. The van der Waals surface area contributed by atoms with Crippen LogP contribution in [-0.2, 0) is 4.79 Å². The number of carbonyl (C=O) groups excluding carboxylic acids is 2. The van der Waals surface area contributed by atoms with Crippen LogP contribution in [0.4, 0.5) is 0 Å². The van der Waals surface area contributed by atoms with E-state index >= 15 is 0 Å². The number of ether oxygens (including phenoxy) is 2. The fraction of sp³-hybridized carbons (Fsp3) is 0.0714. The lowest BCUT2D eigenvalue weighted by Gasteiger charge is -2.09. The fourth-order valence-electron chi connectivity index (χ4n) is 3.73. The molecule has 2 heterocycles. The number of benzene rings is 3. The molecule has 1 aliphatic rings. The van der Waals surface area contributed by atoms with Crippen LogP contribution >= 0.6 is 11.6 Å². The van der Waals surface area contributed by atoms with E-state index in [2.05, 4.69) is 20.9 Å². The molecule has 0 atom stereocenters. The minimum atomic E-state index is -0.632. The van der Waals surface area contributed by atoms with Crippen LogP contribution in [-0.4, -0.2) is 34.6 Å². The molecule has 0 bridgehead atoms. The number of amides is 2. The predicted octanol–water partition coefficient (Wildman–Crippen LogP) is 4.48. The summed E-state index contributed by atoms with van der Waals surface area (Å²) in [6.45, 7) is 1.91. The number of nitrogens with zero attached hydrogens (tertiary/aromatic N) is 3. The molecule has 38 heavy (non-hydrogen) atoms. The standard InChI is InChI=1S/C28H22ClN5O4/c1-18-22(26(29)34(33-18)21-10-6-3-7-11-21)16-30-32-28(36)23(31-27(35)20-8-4-2-5-9-20)14-19-12-13-24-25(15-19)38-17-37-24/h2-16H,17H2,1H3,(H,31,35)(H,32,36). The van der Waals surface area contributed by atoms with Crippen LogP contribution in [0.25, 0.3) is 11.8 Å². The number of halogens is 1. The Bertz CT molecular complexity index is 1550. The van der Waals surface area contributed by atoms with E-state index in [4.69, 9.17) is 21.1 Å². The Balaban J connectivity index is 1.38. The predicted molar refractivity (Wildman–Crippen MR) is 143 cm³/mol. The van der Waals surface area contributed by atoms with Gasteiger partial charge in [0, 0.05) is 5.56 Å². The van der Waals surface area contributed by atoms with Crippen LogP contribution in [0.2, 0.25) is 5.15 Å². The lowest BCUT2D eigenvalue weighted by Crippen LogP contribution is -2.32. The van der Waals surface area contributed by atoms with Gasteiger partial charge < -0.3 is 14.8 Å². The number of hydrogen-bond acceptors (Lipinski definition) is 6. The van der Waals surface area contributed by atoms with E-state index in [1.54, 1.807) is 60.1 Å². The molecule has 2 amide bonds. The molecule has 0 unspecified atom stereocenters. The van der Waals surface area contributed by atoms with Gasteiger partial charge in [-0.1, -0.05) is 54.1 Å². The highest BCUT2D eigenvalue weighted by Gasteiger charge is 2.18. The molecule has 2 N–H and O–H groups in total. The largest absolute Gasteiger partial charge is 0.454 e. The average Bonchev–Trinajstić information content (AvgIpc) is 3.52. The number of fused-ring (bicyclic) bond motifs is 1. The summed E-state index contributed by atoms with van der Waals surface area (Å²) in [4.78, 5) is 25.9. The minimum Gasteiger partial charge on any atom is -0.454 e. The topological polar surface area (TPSA) is 107 Å². The second kappa shape index (κ2) is 11.0. The van der Waals surface area contributed by atoms with Crippen LogP contribution < -0.4 is 20.2 Å². The van der Waals surface area contributed by atoms with Gasteiger partial charge in [0.15, 0.2) is 11.5 Å². The molecule has 0 fully saturated rings. The zero-order valence-electron chi connectivity index (χ0n) is 20.2. The van der Waals surface area contributed by atoms with Gasteiger partial charge >= 0.3 is 0 Å². The molecule has 0 aliphatic carbocycles. The molecular weight excluding hydrogens is 506 g/mol. The van der Waals surface area contributed by atoms with Gasteiger partial charge in [-0.2, -0.15) is 10.2 Å². The lowest BCUT2D eigenvalue weighted by molar-refractivity contribution is -0.117. The Morgan fingerprint density at radius 1 is 1.00 bits per heavy atom. The number of rotatable bonds is 7. The van der Waals surface area contributed by atoms with Crippen molar-refractivity contribution in [2.45, 2.75) is 6.92 Å². The number of aromatic nitrogens is 2. The molecule has 3 aromatic carbocycles. The summed E-state index contributed by atoms with van der Waals surface area (Å²) < 4.78 is 12.4. The first-order chi connectivity index (χ1) is 18.5. The van der Waals surface area contributed by atoms with E-state index in [1.807, 2.05) is 30.3 Å². The van der Waals surface area contributed by atoms with E-state index in [0.717, 1.165) is 5.69 Å². The second-order valence-electron chi connectivity index (χ2n) is 8.23. The van der Waals surface area contributed by atoms with Crippen LogP contribution in [0.3, 0.4) is 0 Å². The van der Waals surface area contributed by atoms with Crippen LogP contribution in [0.5, 0.6) is 11.5 Å². The average molecular weight is 528 g/mol. The number of aryl methyl sites for hydroxylation is 1. The molecule has 4 aromatic rings. The van der Waals surface area contributed by atoms with Gasteiger partial charge in [0.25, 0.3) is 11.8 Å². The van der Waals surface area contributed by atoms with Crippen molar-refractivity contribution < 1.29 is 19.1 Å². The van der Waals surface area contributed by atoms with Gasteiger partial charge in [-0.15, -0.1) is 0 Å². The van der Waals surface area contributed by atoms with E-state index in [9.17, 15) is 9.59 Å². The van der Waals surface area contributed by atoms with Gasteiger partial charge in [-0.25, -0.2) is 10.1 Å². The molecule has 1 aliphatic heterocycles. The van der Waals surface area contributed by atoms with Gasteiger partial charge in [0.1, 0.15) is 10.9 Å². The van der Waals surface area contributed by atoms with Gasteiger partial charge in [0.2, 0.25) is 6.79 Å². The lowest BCUT2D eigenvalue weighted by atomic mass is 10.1. The summed E-state index contributed by atoms with van der Waals surface area (Å²) in [6.07, 6.45) is 2.94. The van der Waals surface area contributed by atoms with Gasteiger partial charge in [-0.05, 0) is 55.0 Å². The molecule has 10 heteroatoms. The zero-order chi connectivity index (χ0) is 26.5. The summed E-state index contributed by atoms with van der Waals surface area (Å²) in [7, 11) is 0. The first-order valence-electron chi connectivity index (χ1n) is 11.6. The normalized spacial score (nSPS) is 12.5. The summed E-state index contributed by atoms with van der Waals surface area (Å²) in [5, 5.41) is 11.5. The third-order valence-electron chi connectivity index (χ3n) is 5.64. The minimum absolute atomic E-state index is 0.0160. The highest BCUT2D eigenvalue weighted by molar-refractivity contribution is 6.32. The Hall–Kier alpha value is -4.89. The SMILES string of the molecule is Cc1nn(-c2ccccc2)c(Cl)c1C=NNC(=O)C(=Cc1ccc2c(c1)OCO2)NC(=O)c1ccccc1. The van der Waals surface area contributed by atoms with E-state index in [-0.39, 0.29) is 12.5 Å². The summed E-state index contributed by atoms with van der Waals surface area (Å²) in [5.41, 5.74) is 5.44. The Kier molecular flexibility index (Phi) is 7.19. The molecule has 1 aromatic heterocycles. The number of hydrazone groups is 1. The van der Waals surface area contributed by atoms with Crippen molar-refractivity contribution in [3.05, 3.63) is 112 Å². The summed E-state index contributed by atoms with van der Waals surface area (Å²) in [6, 6.07) is 23.2. The van der Waals surface area contributed by atoms with Crippen LogP contribution in [0, 0.1) is 6.92 Å². The maximum Gasteiger partial charge on any atom is 0.287 e. The number of carbonyl (C=O) groups is 2. The molecule has 190 valence electrons. The van der Waals surface area contributed by atoms with E-state index < -0.39 is 11.8 Å². The second-order valence-corrected chi connectivity index (χ2v) is 8.59. The maximum absolute atomic E-state index is 13.1. The maximum atomic E-state index is 13.1. The van der Waals surface area contributed by atoms with Crippen molar-refractivity contribution in [3.8, 4) is 17.2 Å². The molecule has 0 spiro atoms. The first-order valence-corrected chi connectivity index (χ1v) is 12.0. The highest BCUT2D eigenvalue weighted by atomic mass is 35.5. The fourth-order valence-corrected chi connectivity index (χ4v) is 4.05. The first kappa shape index (κ1) is 24.8. The molecule has 0 saturated carbocycles. The van der Waals surface area contributed by atoms with Crippen molar-refractivity contribution in [1.82, 2.24) is 20.5 Å². The Morgan fingerprint density at radius 2 is 1.71 bits per heavy atom. The number of hydrogen-bond donors (Lipinski definition) is 2. The van der Waals surface area contributed by atoms with Crippen molar-refractivity contribution in [1.29, 1.82) is 0 Å². The van der Waals surface area contributed by atoms with Crippen LogP contribution in [0.15, 0.2) is 89.7 Å². The van der Waals surface area contributed by atoms with Gasteiger partial charge in [0.05, 0.1) is 23.2 Å². The zero-order valence-corrected chi connectivity index (χ0v) is 21.0. The summed E-state index contributed by atoms with van der Waals surface area (Å²) >= 11 is 6.54. The molecular formula is C28H22ClN5O4.